The molecule has 4 nitrogen and oxygen atoms in total. The number of rotatable bonds is 5. The predicted molar refractivity (Wildman–Crippen MR) is 106 cm³/mol. The number of thiocarbonyl (C=S) groups is 1. The van der Waals surface area contributed by atoms with Gasteiger partial charge < -0.3 is 10.1 Å². The molecule has 1 aromatic carbocycles. The molecular weight excluding hydrogens is 344 g/mol. The van der Waals surface area contributed by atoms with Crippen LogP contribution in [-0.4, -0.2) is 29.1 Å². The van der Waals surface area contributed by atoms with Gasteiger partial charge in [0.2, 0.25) is 0 Å². The maximum Gasteiger partial charge on any atom is 0.310 e. The van der Waals surface area contributed by atoms with Gasteiger partial charge in [-0.15, -0.1) is 0 Å². The first kappa shape index (κ1) is 18.5. The van der Waals surface area contributed by atoms with E-state index in [0.29, 0.717) is 4.99 Å². The van der Waals surface area contributed by atoms with Crippen molar-refractivity contribution in [3.8, 4) is 0 Å². The Morgan fingerprint density at radius 2 is 2.08 bits per heavy atom. The molecule has 0 spiro atoms. The zero-order chi connectivity index (χ0) is 18.4. The third kappa shape index (κ3) is 3.78. The number of ether oxygens (including phenoxy) is 1. The summed E-state index contributed by atoms with van der Waals surface area (Å²) in [6.45, 7) is 0. The zero-order valence-electron chi connectivity index (χ0n) is 15.0. The highest BCUT2D eigenvalue weighted by Gasteiger charge is 2.48. The summed E-state index contributed by atoms with van der Waals surface area (Å²) in [5.41, 5.74) is 1.45. The molecule has 1 saturated carbocycles. The van der Waals surface area contributed by atoms with Crippen LogP contribution in [0.25, 0.3) is 0 Å². The van der Waals surface area contributed by atoms with Gasteiger partial charge in [-0.2, -0.15) is 0 Å². The molecule has 0 aliphatic heterocycles. The van der Waals surface area contributed by atoms with Crippen LogP contribution < -0.4 is 5.32 Å². The minimum Gasteiger partial charge on any atom is -0.461 e. The highest BCUT2D eigenvalue weighted by atomic mass is 32.1. The number of pyridine rings is 1. The largest absolute Gasteiger partial charge is 0.461 e. The highest BCUT2D eigenvalue weighted by Crippen LogP contribution is 2.42. The maximum atomic E-state index is 12.6. The molecule has 0 radical (unpaired) electrons. The van der Waals surface area contributed by atoms with E-state index in [1.54, 1.807) is 6.20 Å². The fourth-order valence-corrected chi connectivity index (χ4v) is 4.19. The molecular formula is C21H24N2O2S. The van der Waals surface area contributed by atoms with Gasteiger partial charge in [-0.25, -0.2) is 0 Å². The maximum absolute atomic E-state index is 12.6. The molecule has 5 heteroatoms. The summed E-state index contributed by atoms with van der Waals surface area (Å²) in [5.74, 6) is -0.213. The Bertz CT molecular complexity index is 751. The second-order valence-electron chi connectivity index (χ2n) is 6.68. The number of nitrogens with one attached hydrogen (secondary N) is 1. The Balaban J connectivity index is 1.87. The van der Waals surface area contributed by atoms with Crippen LogP contribution in [0.15, 0.2) is 54.9 Å². The molecule has 1 N–H and O–H groups in total. The van der Waals surface area contributed by atoms with Gasteiger partial charge in [-0.1, -0.05) is 55.0 Å². The molecule has 1 fully saturated rings. The van der Waals surface area contributed by atoms with Crippen molar-refractivity contribution in [2.45, 2.75) is 43.6 Å². The van der Waals surface area contributed by atoms with Gasteiger partial charge in [-0.3, -0.25) is 9.78 Å². The van der Waals surface area contributed by atoms with E-state index in [-0.39, 0.29) is 18.5 Å². The molecule has 0 saturated heterocycles. The van der Waals surface area contributed by atoms with Gasteiger partial charge in [0.15, 0.2) is 0 Å². The van der Waals surface area contributed by atoms with E-state index in [4.69, 9.17) is 17.0 Å². The van der Waals surface area contributed by atoms with Gasteiger partial charge in [0.05, 0.1) is 16.8 Å². The number of carbonyl (C=O) groups excluding carboxylic acids is 1. The quantitative estimate of drug-likeness (QED) is 0.646. The van der Waals surface area contributed by atoms with E-state index >= 15 is 0 Å². The molecule has 1 aliphatic rings. The molecule has 2 aromatic rings. The molecule has 3 rings (SSSR count). The summed E-state index contributed by atoms with van der Waals surface area (Å²) in [7, 11) is 1.83. The molecule has 136 valence electrons. The van der Waals surface area contributed by atoms with Crippen molar-refractivity contribution in [1.82, 2.24) is 10.3 Å². The van der Waals surface area contributed by atoms with E-state index < -0.39 is 5.41 Å². The second kappa shape index (κ2) is 8.41. The van der Waals surface area contributed by atoms with Crippen LogP contribution in [0.3, 0.4) is 0 Å². The van der Waals surface area contributed by atoms with Gasteiger partial charge in [0, 0.05) is 19.4 Å². The van der Waals surface area contributed by atoms with E-state index in [1.807, 2.05) is 55.7 Å². The molecule has 2 atom stereocenters. The summed E-state index contributed by atoms with van der Waals surface area (Å²) in [6, 6.07) is 13.6. The number of likely N-dealkylation sites (N-methyl/N-ethyl adjacent to an activating group) is 1. The van der Waals surface area contributed by atoms with Gasteiger partial charge in [0.25, 0.3) is 0 Å². The standard InChI is InChI=1S/C21H24N2O2S/c1-22-20(26)21(17-10-7-13-23-15-17)12-6-5-11-18(21)25-19(24)14-16-8-3-2-4-9-16/h2-4,7-10,13,15,18H,5-6,11-12,14H2,1H3,(H,22,26). The summed E-state index contributed by atoms with van der Waals surface area (Å²) in [4.78, 5) is 17.6. The Kier molecular flexibility index (Phi) is 5.99. The summed E-state index contributed by atoms with van der Waals surface area (Å²) in [5, 5.41) is 3.14. The SMILES string of the molecule is CNC(=S)C1(c2cccnc2)CCCCC1OC(=O)Cc1ccccc1. The minimum atomic E-state index is -0.511. The van der Waals surface area contributed by atoms with Crippen LogP contribution in [-0.2, 0) is 21.4 Å². The smallest absolute Gasteiger partial charge is 0.310 e. The number of benzene rings is 1. The van der Waals surface area contributed by atoms with Crippen LogP contribution in [0.4, 0.5) is 0 Å². The minimum absolute atomic E-state index is 0.213. The first-order valence-corrected chi connectivity index (χ1v) is 9.44. The van der Waals surface area contributed by atoms with Crippen molar-refractivity contribution in [1.29, 1.82) is 0 Å². The predicted octanol–water partition coefficient (Wildman–Crippen LogP) is 3.59. The van der Waals surface area contributed by atoms with Crippen molar-refractivity contribution in [3.05, 3.63) is 66.0 Å². The summed E-state index contributed by atoms with van der Waals surface area (Å²) in [6.07, 6.45) is 7.30. The van der Waals surface area contributed by atoms with E-state index in [0.717, 1.165) is 36.8 Å². The molecule has 0 bridgehead atoms. The Morgan fingerprint density at radius 1 is 1.27 bits per heavy atom. The van der Waals surface area contributed by atoms with E-state index in [1.165, 1.54) is 0 Å². The van der Waals surface area contributed by atoms with Crippen LogP contribution in [0.1, 0.15) is 36.8 Å². The van der Waals surface area contributed by atoms with Crippen molar-refractivity contribution < 1.29 is 9.53 Å². The van der Waals surface area contributed by atoms with Crippen LogP contribution in [0.5, 0.6) is 0 Å². The normalized spacial score (nSPS) is 22.4. The molecule has 0 amide bonds. The fourth-order valence-electron chi connectivity index (χ4n) is 3.83. The number of carbonyl (C=O) groups is 1. The molecule has 2 unspecified atom stereocenters. The number of nitrogens with zero attached hydrogens (tertiary/aromatic N) is 1. The van der Waals surface area contributed by atoms with E-state index in [9.17, 15) is 4.79 Å². The Labute approximate surface area is 160 Å². The summed E-state index contributed by atoms with van der Waals surface area (Å²) < 4.78 is 5.99. The van der Waals surface area contributed by atoms with Crippen LogP contribution >= 0.6 is 12.2 Å². The monoisotopic (exact) mass is 368 g/mol. The van der Waals surface area contributed by atoms with Crippen LogP contribution in [0, 0.1) is 0 Å². The third-order valence-electron chi connectivity index (χ3n) is 5.11. The van der Waals surface area contributed by atoms with E-state index in [2.05, 4.69) is 10.3 Å². The Hall–Kier alpha value is -2.27. The number of esters is 1. The fraction of sp³-hybridized carbons (Fsp3) is 0.381. The average molecular weight is 369 g/mol. The van der Waals surface area contributed by atoms with Crippen LogP contribution in [0.2, 0.25) is 0 Å². The van der Waals surface area contributed by atoms with Crippen molar-refractivity contribution in [2.24, 2.45) is 0 Å². The third-order valence-corrected chi connectivity index (χ3v) is 5.68. The lowest BCUT2D eigenvalue weighted by Gasteiger charge is -2.43. The number of aromatic nitrogens is 1. The van der Waals surface area contributed by atoms with Crippen molar-refractivity contribution in [3.63, 3.8) is 0 Å². The molecule has 1 heterocycles. The summed E-state index contributed by atoms with van der Waals surface area (Å²) >= 11 is 5.70. The molecule has 26 heavy (non-hydrogen) atoms. The zero-order valence-corrected chi connectivity index (χ0v) is 15.8. The topological polar surface area (TPSA) is 51.2 Å². The average Bonchev–Trinajstić information content (AvgIpc) is 2.69. The molecule has 1 aromatic heterocycles. The second-order valence-corrected chi connectivity index (χ2v) is 7.09. The number of hydrogen-bond donors (Lipinski definition) is 1. The lowest BCUT2D eigenvalue weighted by atomic mass is 9.67. The lowest BCUT2D eigenvalue weighted by Crippen LogP contribution is -2.54. The molecule has 1 aliphatic carbocycles. The highest BCUT2D eigenvalue weighted by molar-refractivity contribution is 7.80. The lowest BCUT2D eigenvalue weighted by molar-refractivity contribution is -0.152. The number of hydrogen-bond acceptors (Lipinski definition) is 4. The van der Waals surface area contributed by atoms with Crippen molar-refractivity contribution in [2.75, 3.05) is 7.05 Å². The van der Waals surface area contributed by atoms with Gasteiger partial charge in [-0.05, 0) is 36.5 Å². The first-order valence-electron chi connectivity index (χ1n) is 9.03. The van der Waals surface area contributed by atoms with Crippen molar-refractivity contribution >= 4 is 23.2 Å². The van der Waals surface area contributed by atoms with Gasteiger partial charge in [0.1, 0.15) is 6.10 Å². The van der Waals surface area contributed by atoms with Gasteiger partial charge >= 0.3 is 5.97 Å². The Morgan fingerprint density at radius 3 is 2.77 bits per heavy atom. The first-order chi connectivity index (χ1) is 12.7.